The van der Waals surface area contributed by atoms with Crippen LogP contribution in [-0.4, -0.2) is 4.98 Å². The van der Waals surface area contributed by atoms with Crippen molar-refractivity contribution in [3.8, 4) is 17.7 Å². The minimum Gasteiger partial charge on any atom is -0.438 e. The Morgan fingerprint density at radius 3 is 2.88 bits per heavy atom. The lowest BCUT2D eigenvalue weighted by atomic mass is 10.2. The standard InChI is InChI=1S/C12H6BrClN2O/c13-11-5-9(14)7-16-12(11)17-10-3-1-2-8(4-10)6-15/h1-5,7H. The first kappa shape index (κ1) is 11.9. The Labute approximate surface area is 112 Å². The largest absolute Gasteiger partial charge is 0.438 e. The molecule has 2 aromatic rings. The Balaban J connectivity index is 2.28. The molecule has 5 heteroatoms. The molecular weight excluding hydrogens is 304 g/mol. The number of hydrogen-bond donors (Lipinski definition) is 0. The van der Waals surface area contributed by atoms with Gasteiger partial charge < -0.3 is 4.74 Å². The van der Waals surface area contributed by atoms with Gasteiger partial charge in [0.05, 0.1) is 21.1 Å². The van der Waals surface area contributed by atoms with E-state index in [4.69, 9.17) is 21.6 Å². The third kappa shape index (κ3) is 2.96. The van der Waals surface area contributed by atoms with Crippen LogP contribution in [0, 0.1) is 11.3 Å². The molecule has 0 aliphatic carbocycles. The molecule has 0 aliphatic rings. The maximum absolute atomic E-state index is 8.77. The van der Waals surface area contributed by atoms with E-state index in [-0.39, 0.29) is 0 Å². The van der Waals surface area contributed by atoms with Gasteiger partial charge >= 0.3 is 0 Å². The molecule has 0 amide bonds. The molecule has 1 aromatic heterocycles. The maximum atomic E-state index is 8.77. The van der Waals surface area contributed by atoms with Crippen LogP contribution in [0.1, 0.15) is 5.56 Å². The molecule has 0 spiro atoms. The third-order valence-electron chi connectivity index (χ3n) is 1.95. The monoisotopic (exact) mass is 308 g/mol. The molecular formula is C12H6BrClN2O. The van der Waals surface area contributed by atoms with Crippen LogP contribution in [0.5, 0.6) is 11.6 Å². The molecule has 0 unspecified atom stereocenters. The van der Waals surface area contributed by atoms with Gasteiger partial charge in [-0.1, -0.05) is 17.7 Å². The molecule has 1 aromatic carbocycles. The molecule has 17 heavy (non-hydrogen) atoms. The molecule has 2 rings (SSSR count). The lowest BCUT2D eigenvalue weighted by Gasteiger charge is -2.06. The number of nitriles is 1. The number of rotatable bonds is 2. The molecule has 0 fully saturated rings. The first-order valence-corrected chi connectivity index (χ1v) is 5.85. The number of halogens is 2. The fourth-order valence-electron chi connectivity index (χ4n) is 1.22. The van der Waals surface area contributed by atoms with E-state index in [0.29, 0.717) is 26.7 Å². The summed E-state index contributed by atoms with van der Waals surface area (Å²) in [6.45, 7) is 0. The Bertz CT molecular complexity index is 595. The minimum absolute atomic E-state index is 0.407. The van der Waals surface area contributed by atoms with Crippen molar-refractivity contribution in [3.63, 3.8) is 0 Å². The van der Waals surface area contributed by atoms with E-state index in [2.05, 4.69) is 20.9 Å². The summed E-state index contributed by atoms with van der Waals surface area (Å²) in [6.07, 6.45) is 1.50. The van der Waals surface area contributed by atoms with Gasteiger partial charge in [0.1, 0.15) is 5.75 Å². The van der Waals surface area contributed by atoms with Crippen molar-refractivity contribution in [2.24, 2.45) is 0 Å². The van der Waals surface area contributed by atoms with Gasteiger partial charge in [-0.3, -0.25) is 0 Å². The molecule has 0 saturated heterocycles. The van der Waals surface area contributed by atoms with Gasteiger partial charge in [-0.15, -0.1) is 0 Å². The minimum atomic E-state index is 0.407. The summed E-state index contributed by atoms with van der Waals surface area (Å²) in [5.41, 5.74) is 0.535. The van der Waals surface area contributed by atoms with Crippen LogP contribution in [0.25, 0.3) is 0 Å². The van der Waals surface area contributed by atoms with Crippen molar-refractivity contribution < 1.29 is 4.74 Å². The normalized spacial score (nSPS) is 9.71. The summed E-state index contributed by atoms with van der Waals surface area (Å²) in [4.78, 5) is 4.04. The van der Waals surface area contributed by atoms with Crippen LogP contribution in [0.15, 0.2) is 41.0 Å². The molecule has 0 N–H and O–H groups in total. The topological polar surface area (TPSA) is 45.9 Å². The van der Waals surface area contributed by atoms with Gasteiger partial charge in [-0.05, 0) is 40.2 Å². The summed E-state index contributed by atoms with van der Waals surface area (Å²) < 4.78 is 6.20. The van der Waals surface area contributed by atoms with E-state index in [1.165, 1.54) is 6.20 Å². The Kier molecular flexibility index (Phi) is 3.62. The molecule has 3 nitrogen and oxygen atoms in total. The van der Waals surface area contributed by atoms with Crippen LogP contribution < -0.4 is 4.74 Å². The summed E-state index contributed by atoms with van der Waals surface area (Å²) in [6, 6.07) is 10.6. The fraction of sp³-hybridized carbons (Fsp3) is 0. The highest BCUT2D eigenvalue weighted by atomic mass is 79.9. The number of aromatic nitrogens is 1. The van der Waals surface area contributed by atoms with E-state index in [9.17, 15) is 0 Å². The average molecular weight is 310 g/mol. The van der Waals surface area contributed by atoms with Crippen molar-refractivity contribution in [3.05, 3.63) is 51.6 Å². The number of ether oxygens (including phenoxy) is 1. The van der Waals surface area contributed by atoms with E-state index < -0.39 is 0 Å². The zero-order chi connectivity index (χ0) is 12.3. The Morgan fingerprint density at radius 2 is 2.18 bits per heavy atom. The second kappa shape index (κ2) is 5.17. The van der Waals surface area contributed by atoms with Gasteiger partial charge in [0, 0.05) is 6.20 Å². The quantitative estimate of drug-likeness (QED) is 0.836. The second-order valence-corrected chi connectivity index (χ2v) is 4.47. The number of nitrogens with zero attached hydrogens (tertiary/aromatic N) is 2. The average Bonchev–Trinajstić information content (AvgIpc) is 2.33. The Hall–Kier alpha value is -1.57. The van der Waals surface area contributed by atoms with Crippen molar-refractivity contribution in [2.45, 2.75) is 0 Å². The lowest BCUT2D eigenvalue weighted by Crippen LogP contribution is -1.89. The summed E-state index contributed by atoms with van der Waals surface area (Å²) in [7, 11) is 0. The molecule has 84 valence electrons. The van der Waals surface area contributed by atoms with Crippen molar-refractivity contribution >= 4 is 27.5 Å². The van der Waals surface area contributed by atoms with Crippen molar-refractivity contribution in [1.82, 2.24) is 4.98 Å². The van der Waals surface area contributed by atoms with Crippen LogP contribution in [0.2, 0.25) is 5.02 Å². The molecule has 0 bridgehead atoms. The molecule has 0 aliphatic heterocycles. The zero-order valence-corrected chi connectivity index (χ0v) is 10.9. The van der Waals surface area contributed by atoms with Crippen molar-refractivity contribution in [2.75, 3.05) is 0 Å². The predicted molar refractivity (Wildman–Crippen MR) is 68.2 cm³/mol. The van der Waals surface area contributed by atoms with Crippen LogP contribution in [0.4, 0.5) is 0 Å². The molecule has 0 radical (unpaired) electrons. The molecule has 1 heterocycles. The van der Waals surface area contributed by atoms with Gasteiger partial charge in [-0.2, -0.15) is 5.26 Å². The van der Waals surface area contributed by atoms with E-state index >= 15 is 0 Å². The first-order valence-electron chi connectivity index (χ1n) is 4.68. The summed E-state index contributed by atoms with van der Waals surface area (Å²) >= 11 is 9.08. The van der Waals surface area contributed by atoms with Crippen molar-refractivity contribution in [1.29, 1.82) is 5.26 Å². The highest BCUT2D eigenvalue weighted by Crippen LogP contribution is 2.29. The van der Waals surface area contributed by atoms with Crippen LogP contribution in [0.3, 0.4) is 0 Å². The molecule has 0 atom stereocenters. The molecule has 0 saturated carbocycles. The number of pyridine rings is 1. The summed E-state index contributed by atoms with van der Waals surface area (Å²) in [5, 5.41) is 9.29. The first-order chi connectivity index (χ1) is 8.19. The Morgan fingerprint density at radius 1 is 1.35 bits per heavy atom. The SMILES string of the molecule is N#Cc1cccc(Oc2ncc(Cl)cc2Br)c1. The maximum Gasteiger partial charge on any atom is 0.233 e. The predicted octanol–water partition coefficient (Wildman–Crippen LogP) is 4.16. The highest BCUT2D eigenvalue weighted by Gasteiger charge is 2.05. The number of hydrogen-bond acceptors (Lipinski definition) is 3. The van der Waals surface area contributed by atoms with Gasteiger partial charge in [0.15, 0.2) is 0 Å². The van der Waals surface area contributed by atoms with Crippen LogP contribution in [-0.2, 0) is 0 Å². The van der Waals surface area contributed by atoms with E-state index in [1.807, 2.05) is 6.07 Å². The van der Waals surface area contributed by atoms with Gasteiger partial charge in [-0.25, -0.2) is 4.98 Å². The van der Waals surface area contributed by atoms with E-state index in [1.54, 1.807) is 30.3 Å². The smallest absolute Gasteiger partial charge is 0.233 e. The van der Waals surface area contributed by atoms with Crippen LogP contribution >= 0.6 is 27.5 Å². The third-order valence-corrected chi connectivity index (χ3v) is 2.73. The highest BCUT2D eigenvalue weighted by molar-refractivity contribution is 9.10. The lowest BCUT2D eigenvalue weighted by molar-refractivity contribution is 0.459. The fourth-order valence-corrected chi connectivity index (χ4v) is 1.94. The summed E-state index contributed by atoms with van der Waals surface area (Å²) in [5.74, 6) is 0.962. The van der Waals surface area contributed by atoms with Gasteiger partial charge in [0.25, 0.3) is 0 Å². The van der Waals surface area contributed by atoms with E-state index in [0.717, 1.165) is 0 Å². The zero-order valence-electron chi connectivity index (χ0n) is 8.52. The number of benzene rings is 1. The van der Waals surface area contributed by atoms with Gasteiger partial charge in [0.2, 0.25) is 5.88 Å². The second-order valence-electron chi connectivity index (χ2n) is 3.18.